The van der Waals surface area contributed by atoms with E-state index in [9.17, 15) is 4.79 Å². The summed E-state index contributed by atoms with van der Waals surface area (Å²) in [7, 11) is 1.77. The van der Waals surface area contributed by atoms with Crippen LogP contribution in [0, 0.1) is 0 Å². The predicted molar refractivity (Wildman–Crippen MR) is 70.1 cm³/mol. The lowest BCUT2D eigenvalue weighted by atomic mass is 9.93. The van der Waals surface area contributed by atoms with Crippen molar-refractivity contribution >= 4 is 11.7 Å². The van der Waals surface area contributed by atoms with Crippen LogP contribution >= 0.6 is 0 Å². The first-order chi connectivity index (χ1) is 8.69. The van der Waals surface area contributed by atoms with Gasteiger partial charge in [0.2, 0.25) is 0 Å². The average molecular weight is 249 g/mol. The molecular formula is C14H19NO3. The van der Waals surface area contributed by atoms with E-state index >= 15 is 0 Å². The highest BCUT2D eigenvalue weighted by Gasteiger charge is 2.20. The van der Waals surface area contributed by atoms with Crippen molar-refractivity contribution in [3.05, 3.63) is 29.8 Å². The van der Waals surface area contributed by atoms with Gasteiger partial charge in [-0.1, -0.05) is 0 Å². The summed E-state index contributed by atoms with van der Waals surface area (Å²) in [4.78, 5) is 10.7. The van der Waals surface area contributed by atoms with E-state index in [4.69, 9.17) is 9.84 Å². The van der Waals surface area contributed by atoms with E-state index in [-0.39, 0.29) is 0 Å². The van der Waals surface area contributed by atoms with Crippen LogP contribution in [-0.2, 0) is 4.74 Å². The van der Waals surface area contributed by atoms with E-state index in [1.165, 1.54) is 0 Å². The van der Waals surface area contributed by atoms with E-state index in [1.54, 1.807) is 19.2 Å². The van der Waals surface area contributed by atoms with Gasteiger partial charge in [0.1, 0.15) is 0 Å². The molecule has 0 bridgehead atoms. The smallest absolute Gasteiger partial charge is 0.335 e. The van der Waals surface area contributed by atoms with Gasteiger partial charge in [0.05, 0.1) is 11.7 Å². The van der Waals surface area contributed by atoms with Crippen molar-refractivity contribution in [3.8, 4) is 0 Å². The zero-order valence-electron chi connectivity index (χ0n) is 10.6. The molecule has 1 aromatic carbocycles. The maximum Gasteiger partial charge on any atom is 0.335 e. The van der Waals surface area contributed by atoms with Crippen molar-refractivity contribution in [2.24, 2.45) is 0 Å². The predicted octanol–water partition coefficient (Wildman–Crippen LogP) is 2.75. The summed E-state index contributed by atoms with van der Waals surface area (Å²) >= 11 is 0. The maximum atomic E-state index is 10.7. The van der Waals surface area contributed by atoms with Crippen LogP contribution in [0.1, 0.15) is 36.0 Å². The van der Waals surface area contributed by atoms with Crippen LogP contribution in [0.25, 0.3) is 0 Å². The lowest BCUT2D eigenvalue weighted by Crippen LogP contribution is -2.29. The van der Waals surface area contributed by atoms with Gasteiger partial charge in [-0.3, -0.25) is 0 Å². The Labute approximate surface area is 107 Å². The van der Waals surface area contributed by atoms with E-state index in [1.807, 2.05) is 12.1 Å². The number of carboxylic acids is 1. The molecule has 0 amide bonds. The maximum absolute atomic E-state index is 10.7. The van der Waals surface area contributed by atoms with Crippen LogP contribution in [0.15, 0.2) is 24.3 Å². The molecule has 1 aromatic rings. The van der Waals surface area contributed by atoms with Gasteiger partial charge in [0.15, 0.2) is 0 Å². The molecule has 0 heterocycles. The standard InChI is InChI=1S/C14H19NO3/c1-18-13-8-6-12(7-9-13)15-11-4-2-10(3-5-11)14(16)17/h2-5,12-13,15H,6-9H2,1H3,(H,16,17). The largest absolute Gasteiger partial charge is 0.478 e. The summed E-state index contributed by atoms with van der Waals surface area (Å²) in [5, 5.41) is 12.3. The Morgan fingerprint density at radius 3 is 2.33 bits per heavy atom. The number of carboxylic acid groups (broad SMARTS) is 1. The number of rotatable bonds is 4. The quantitative estimate of drug-likeness (QED) is 0.861. The number of anilines is 1. The summed E-state index contributed by atoms with van der Waals surface area (Å²) in [5.41, 5.74) is 1.31. The highest BCUT2D eigenvalue weighted by atomic mass is 16.5. The Hall–Kier alpha value is -1.55. The highest BCUT2D eigenvalue weighted by molar-refractivity contribution is 5.87. The van der Waals surface area contributed by atoms with Crippen molar-refractivity contribution in [3.63, 3.8) is 0 Å². The van der Waals surface area contributed by atoms with Crippen LogP contribution < -0.4 is 5.32 Å². The van der Waals surface area contributed by atoms with Crippen LogP contribution in [0.2, 0.25) is 0 Å². The molecule has 0 aliphatic heterocycles. The molecule has 0 spiro atoms. The molecule has 0 unspecified atom stereocenters. The summed E-state index contributed by atoms with van der Waals surface area (Å²) in [5.74, 6) is -0.887. The molecule has 2 rings (SSSR count). The molecule has 1 fully saturated rings. The van der Waals surface area contributed by atoms with Crippen LogP contribution in [0.3, 0.4) is 0 Å². The highest BCUT2D eigenvalue weighted by Crippen LogP contribution is 2.23. The van der Waals surface area contributed by atoms with Crippen molar-refractivity contribution in [2.75, 3.05) is 12.4 Å². The minimum Gasteiger partial charge on any atom is -0.478 e. The van der Waals surface area contributed by atoms with Gasteiger partial charge in [0, 0.05) is 18.8 Å². The Balaban J connectivity index is 1.88. The second-order valence-corrected chi connectivity index (χ2v) is 4.74. The molecule has 18 heavy (non-hydrogen) atoms. The minimum absolute atomic E-state index is 0.323. The average Bonchev–Trinajstić information content (AvgIpc) is 2.40. The molecule has 0 aromatic heterocycles. The molecule has 0 radical (unpaired) electrons. The van der Waals surface area contributed by atoms with Crippen molar-refractivity contribution in [1.29, 1.82) is 0 Å². The Bertz CT molecular complexity index is 394. The van der Waals surface area contributed by atoms with Gasteiger partial charge in [-0.25, -0.2) is 4.79 Å². The molecule has 0 atom stereocenters. The lowest BCUT2D eigenvalue weighted by Gasteiger charge is -2.28. The number of ether oxygens (including phenoxy) is 1. The van der Waals surface area contributed by atoms with E-state index in [0.717, 1.165) is 31.4 Å². The van der Waals surface area contributed by atoms with Gasteiger partial charge in [0.25, 0.3) is 0 Å². The number of carbonyl (C=O) groups is 1. The summed E-state index contributed by atoms with van der Waals surface area (Å²) < 4.78 is 5.34. The number of aromatic carboxylic acids is 1. The molecule has 0 saturated heterocycles. The minimum atomic E-state index is -0.887. The van der Waals surface area contributed by atoms with Gasteiger partial charge in [-0.05, 0) is 49.9 Å². The molecular weight excluding hydrogens is 230 g/mol. The number of methoxy groups -OCH3 is 1. The van der Waals surface area contributed by atoms with Gasteiger partial charge >= 0.3 is 5.97 Å². The Morgan fingerprint density at radius 1 is 1.22 bits per heavy atom. The van der Waals surface area contributed by atoms with Crippen molar-refractivity contribution in [2.45, 2.75) is 37.8 Å². The number of hydrogen-bond donors (Lipinski definition) is 2. The third-order valence-electron chi connectivity index (χ3n) is 3.51. The van der Waals surface area contributed by atoms with Crippen molar-refractivity contribution < 1.29 is 14.6 Å². The fourth-order valence-corrected chi connectivity index (χ4v) is 2.39. The molecule has 1 aliphatic rings. The number of benzene rings is 1. The topological polar surface area (TPSA) is 58.6 Å². The molecule has 4 heteroatoms. The zero-order valence-corrected chi connectivity index (χ0v) is 10.6. The first-order valence-electron chi connectivity index (χ1n) is 6.31. The Kier molecular flexibility index (Phi) is 4.20. The van der Waals surface area contributed by atoms with Gasteiger partial charge < -0.3 is 15.2 Å². The third kappa shape index (κ3) is 3.23. The van der Waals surface area contributed by atoms with E-state index in [2.05, 4.69) is 5.32 Å². The van der Waals surface area contributed by atoms with Gasteiger partial charge in [-0.2, -0.15) is 0 Å². The molecule has 98 valence electrons. The van der Waals surface area contributed by atoms with Crippen LogP contribution in [0.4, 0.5) is 5.69 Å². The molecule has 1 saturated carbocycles. The number of hydrogen-bond acceptors (Lipinski definition) is 3. The zero-order chi connectivity index (χ0) is 13.0. The normalized spacial score (nSPS) is 23.6. The van der Waals surface area contributed by atoms with Gasteiger partial charge in [-0.15, -0.1) is 0 Å². The van der Waals surface area contributed by atoms with Crippen LogP contribution in [0.5, 0.6) is 0 Å². The lowest BCUT2D eigenvalue weighted by molar-refractivity contribution is 0.0681. The summed E-state index contributed by atoms with van der Waals surface area (Å²) in [6.45, 7) is 0. The second-order valence-electron chi connectivity index (χ2n) is 4.74. The van der Waals surface area contributed by atoms with Crippen LogP contribution in [-0.4, -0.2) is 30.3 Å². The molecule has 4 nitrogen and oxygen atoms in total. The fourth-order valence-electron chi connectivity index (χ4n) is 2.39. The van der Waals surface area contributed by atoms with E-state index in [0.29, 0.717) is 17.7 Å². The second kappa shape index (κ2) is 5.87. The van der Waals surface area contributed by atoms with E-state index < -0.39 is 5.97 Å². The summed E-state index contributed by atoms with van der Waals surface area (Å²) in [6.07, 6.45) is 4.76. The number of nitrogens with one attached hydrogen (secondary N) is 1. The Morgan fingerprint density at radius 2 is 1.83 bits per heavy atom. The summed E-state index contributed by atoms with van der Waals surface area (Å²) in [6, 6.07) is 7.38. The monoisotopic (exact) mass is 249 g/mol. The fraction of sp³-hybridized carbons (Fsp3) is 0.500. The van der Waals surface area contributed by atoms with Crippen molar-refractivity contribution in [1.82, 2.24) is 0 Å². The third-order valence-corrected chi connectivity index (χ3v) is 3.51. The first kappa shape index (κ1) is 12.9. The molecule has 2 N–H and O–H groups in total. The molecule has 1 aliphatic carbocycles. The first-order valence-corrected chi connectivity index (χ1v) is 6.31. The SMILES string of the molecule is COC1CCC(Nc2ccc(C(=O)O)cc2)CC1.